The molecule has 17 heavy (non-hydrogen) atoms. The number of methoxy groups -OCH3 is 1. The van der Waals surface area contributed by atoms with Gasteiger partial charge in [0.15, 0.2) is 6.39 Å². The van der Waals surface area contributed by atoms with Gasteiger partial charge in [0, 0.05) is 12.0 Å². The van der Waals surface area contributed by atoms with Crippen molar-refractivity contribution in [1.29, 1.82) is 0 Å². The Bertz CT molecular complexity index is 506. The molecule has 0 radical (unpaired) electrons. The van der Waals surface area contributed by atoms with Crippen molar-refractivity contribution in [1.82, 2.24) is 4.98 Å². The summed E-state index contributed by atoms with van der Waals surface area (Å²) < 4.78 is 10.7. The van der Waals surface area contributed by atoms with E-state index in [0.29, 0.717) is 13.0 Å². The molecule has 0 atom stereocenters. The summed E-state index contributed by atoms with van der Waals surface area (Å²) >= 11 is 0. The lowest BCUT2D eigenvalue weighted by Gasteiger charge is -2.08. The van der Waals surface area contributed by atoms with Crippen LogP contribution in [0.15, 0.2) is 29.0 Å². The molecule has 0 spiro atoms. The lowest BCUT2D eigenvalue weighted by atomic mass is 10.1. The van der Waals surface area contributed by atoms with Gasteiger partial charge in [0.1, 0.15) is 17.2 Å². The maximum absolute atomic E-state index is 5.55. The monoisotopic (exact) mass is 232 g/mol. The highest BCUT2D eigenvalue weighted by molar-refractivity contribution is 5.69. The Kier molecular flexibility index (Phi) is 3.44. The fourth-order valence-electron chi connectivity index (χ4n) is 1.81. The number of benzene rings is 1. The number of ether oxygens (including phenoxy) is 1. The van der Waals surface area contributed by atoms with Crippen LogP contribution in [0, 0.1) is 6.92 Å². The van der Waals surface area contributed by atoms with Crippen molar-refractivity contribution in [3.63, 3.8) is 0 Å². The third-order valence-electron chi connectivity index (χ3n) is 2.62. The summed E-state index contributed by atoms with van der Waals surface area (Å²) in [6.45, 7) is 2.57. The van der Waals surface area contributed by atoms with Crippen LogP contribution >= 0.6 is 0 Å². The smallest absolute Gasteiger partial charge is 0.181 e. The molecule has 0 aliphatic heterocycles. The Morgan fingerprint density at radius 1 is 1.41 bits per heavy atom. The first-order valence-electron chi connectivity index (χ1n) is 5.53. The quantitative estimate of drug-likeness (QED) is 0.877. The number of aryl methyl sites for hydroxylation is 1. The van der Waals surface area contributed by atoms with E-state index >= 15 is 0 Å². The summed E-state index contributed by atoms with van der Waals surface area (Å²) in [5.41, 5.74) is 8.47. The van der Waals surface area contributed by atoms with Crippen LogP contribution in [-0.4, -0.2) is 18.6 Å². The number of hydrogen-bond acceptors (Lipinski definition) is 4. The Morgan fingerprint density at radius 2 is 2.24 bits per heavy atom. The van der Waals surface area contributed by atoms with E-state index in [0.717, 1.165) is 28.3 Å². The molecular formula is C13H16N2O2. The lowest BCUT2D eigenvalue weighted by molar-refractivity contribution is 0.416. The summed E-state index contributed by atoms with van der Waals surface area (Å²) in [7, 11) is 1.65. The standard InChI is InChI=1S/C13H16N2O2/c1-9-3-4-11(16-2)10(7-9)13-12(5-6-14)17-8-15-13/h3-4,7-8H,5-6,14H2,1-2H3. The van der Waals surface area contributed by atoms with Crippen LogP contribution in [0.2, 0.25) is 0 Å². The normalized spacial score (nSPS) is 10.5. The van der Waals surface area contributed by atoms with Crippen molar-refractivity contribution >= 4 is 0 Å². The molecule has 4 heteroatoms. The number of nitrogens with zero attached hydrogens (tertiary/aromatic N) is 1. The molecule has 1 aromatic heterocycles. The second-order valence-electron chi connectivity index (χ2n) is 3.87. The van der Waals surface area contributed by atoms with Gasteiger partial charge in [-0.05, 0) is 25.6 Å². The van der Waals surface area contributed by atoms with Gasteiger partial charge in [-0.2, -0.15) is 0 Å². The van der Waals surface area contributed by atoms with Crippen LogP contribution in [0.1, 0.15) is 11.3 Å². The number of hydrogen-bond donors (Lipinski definition) is 1. The first-order chi connectivity index (χ1) is 8.26. The Hall–Kier alpha value is -1.81. The van der Waals surface area contributed by atoms with Gasteiger partial charge in [-0.25, -0.2) is 4.98 Å². The molecule has 2 rings (SSSR count). The van der Waals surface area contributed by atoms with E-state index in [1.807, 2.05) is 25.1 Å². The van der Waals surface area contributed by atoms with E-state index in [4.69, 9.17) is 14.9 Å². The van der Waals surface area contributed by atoms with Gasteiger partial charge in [-0.15, -0.1) is 0 Å². The van der Waals surface area contributed by atoms with Gasteiger partial charge in [0.05, 0.1) is 7.11 Å². The average molecular weight is 232 g/mol. The van der Waals surface area contributed by atoms with Gasteiger partial charge in [-0.1, -0.05) is 11.6 Å². The van der Waals surface area contributed by atoms with E-state index in [9.17, 15) is 0 Å². The Balaban J connectivity index is 2.51. The first-order valence-corrected chi connectivity index (χ1v) is 5.53. The SMILES string of the molecule is COc1ccc(C)cc1-c1ncoc1CCN. The summed E-state index contributed by atoms with van der Waals surface area (Å²) in [6, 6.07) is 5.98. The molecule has 0 fully saturated rings. The Morgan fingerprint density at radius 3 is 2.94 bits per heavy atom. The van der Waals surface area contributed by atoms with Crippen LogP contribution in [0.5, 0.6) is 5.75 Å². The maximum atomic E-state index is 5.55. The number of aromatic nitrogens is 1. The molecule has 1 heterocycles. The molecule has 2 aromatic rings. The Labute approximate surface area is 100 Å². The largest absolute Gasteiger partial charge is 0.496 e. The second kappa shape index (κ2) is 5.01. The predicted octanol–water partition coefficient (Wildman–Crippen LogP) is 2.16. The molecule has 2 N–H and O–H groups in total. The van der Waals surface area contributed by atoms with Crippen LogP contribution in [-0.2, 0) is 6.42 Å². The van der Waals surface area contributed by atoms with E-state index in [-0.39, 0.29) is 0 Å². The predicted molar refractivity (Wildman–Crippen MR) is 66.0 cm³/mol. The van der Waals surface area contributed by atoms with Crippen molar-refractivity contribution in [3.05, 3.63) is 35.9 Å². The zero-order chi connectivity index (χ0) is 12.3. The van der Waals surface area contributed by atoms with Crippen LogP contribution in [0.25, 0.3) is 11.3 Å². The second-order valence-corrected chi connectivity index (χ2v) is 3.87. The summed E-state index contributed by atoms with van der Waals surface area (Å²) in [4.78, 5) is 4.25. The van der Waals surface area contributed by atoms with Crippen LogP contribution in [0.3, 0.4) is 0 Å². The molecule has 0 aliphatic rings. The highest BCUT2D eigenvalue weighted by Gasteiger charge is 2.14. The van der Waals surface area contributed by atoms with Crippen molar-refractivity contribution < 1.29 is 9.15 Å². The number of nitrogens with two attached hydrogens (primary N) is 1. The van der Waals surface area contributed by atoms with Crippen molar-refractivity contribution in [2.75, 3.05) is 13.7 Å². The maximum Gasteiger partial charge on any atom is 0.181 e. The molecule has 0 amide bonds. The van der Waals surface area contributed by atoms with Crippen molar-refractivity contribution in [2.45, 2.75) is 13.3 Å². The van der Waals surface area contributed by atoms with E-state index in [1.165, 1.54) is 6.39 Å². The summed E-state index contributed by atoms with van der Waals surface area (Å²) in [6.07, 6.45) is 2.12. The highest BCUT2D eigenvalue weighted by Crippen LogP contribution is 2.32. The molecule has 90 valence electrons. The molecule has 0 bridgehead atoms. The number of rotatable bonds is 4. The van der Waals surface area contributed by atoms with Gasteiger partial charge in [0.2, 0.25) is 0 Å². The zero-order valence-electron chi connectivity index (χ0n) is 10.1. The lowest BCUT2D eigenvalue weighted by Crippen LogP contribution is -2.03. The highest BCUT2D eigenvalue weighted by atomic mass is 16.5. The summed E-state index contributed by atoms with van der Waals surface area (Å²) in [5.74, 6) is 1.60. The minimum absolute atomic E-state index is 0.538. The summed E-state index contributed by atoms with van der Waals surface area (Å²) in [5, 5.41) is 0. The van der Waals surface area contributed by atoms with Gasteiger partial charge in [0.25, 0.3) is 0 Å². The van der Waals surface area contributed by atoms with Crippen molar-refractivity contribution in [2.24, 2.45) is 5.73 Å². The van der Waals surface area contributed by atoms with Crippen LogP contribution in [0.4, 0.5) is 0 Å². The molecule has 4 nitrogen and oxygen atoms in total. The topological polar surface area (TPSA) is 61.3 Å². The molecule has 0 saturated carbocycles. The minimum atomic E-state index is 0.538. The van der Waals surface area contributed by atoms with E-state index in [2.05, 4.69) is 4.98 Å². The average Bonchev–Trinajstić information content (AvgIpc) is 2.77. The fourth-order valence-corrected chi connectivity index (χ4v) is 1.81. The van der Waals surface area contributed by atoms with Crippen LogP contribution < -0.4 is 10.5 Å². The number of oxazole rings is 1. The molecule has 0 aliphatic carbocycles. The van der Waals surface area contributed by atoms with E-state index in [1.54, 1.807) is 7.11 Å². The minimum Gasteiger partial charge on any atom is -0.496 e. The molecule has 1 aromatic carbocycles. The third kappa shape index (κ3) is 2.31. The third-order valence-corrected chi connectivity index (χ3v) is 2.62. The van der Waals surface area contributed by atoms with Crippen molar-refractivity contribution in [3.8, 4) is 17.0 Å². The molecular weight excluding hydrogens is 216 g/mol. The molecule has 0 unspecified atom stereocenters. The van der Waals surface area contributed by atoms with Gasteiger partial charge in [-0.3, -0.25) is 0 Å². The first kappa shape index (κ1) is 11.7. The van der Waals surface area contributed by atoms with Gasteiger partial charge >= 0.3 is 0 Å². The fraction of sp³-hybridized carbons (Fsp3) is 0.308. The molecule has 0 saturated heterocycles. The zero-order valence-corrected chi connectivity index (χ0v) is 10.1. The van der Waals surface area contributed by atoms with E-state index < -0.39 is 0 Å². The van der Waals surface area contributed by atoms with Gasteiger partial charge < -0.3 is 14.9 Å².